The van der Waals surface area contributed by atoms with E-state index in [2.05, 4.69) is 8.02 Å². The predicted octanol–water partition coefficient (Wildman–Crippen LogP) is 1.60. The zero-order valence-electron chi connectivity index (χ0n) is 6.82. The molecular formula is C8H12NOPS. The average molecular weight is 201 g/mol. The van der Waals surface area contributed by atoms with Crippen molar-refractivity contribution in [3.05, 3.63) is 29.8 Å². The maximum Gasteiger partial charge on any atom is 0.0318 e. The van der Waals surface area contributed by atoms with E-state index in [0.29, 0.717) is 0 Å². The molecule has 1 rings (SSSR count). The van der Waals surface area contributed by atoms with Gasteiger partial charge in [0.15, 0.2) is 0 Å². The number of hydrogen-bond donors (Lipinski definition) is 2. The van der Waals surface area contributed by atoms with Crippen LogP contribution in [0, 0.1) is 0 Å². The van der Waals surface area contributed by atoms with Crippen molar-refractivity contribution in [3.8, 4) is 0 Å². The number of nitrogens with two attached hydrogens (primary N) is 1. The molecule has 0 amide bonds. The molecule has 2 unspecified atom stereocenters. The third kappa shape index (κ3) is 2.31. The molecule has 0 fully saturated rings. The van der Waals surface area contributed by atoms with E-state index in [0.717, 1.165) is 10.5 Å². The van der Waals surface area contributed by atoms with Gasteiger partial charge in [0.25, 0.3) is 0 Å². The minimum atomic E-state index is -1.41. The van der Waals surface area contributed by atoms with Crippen molar-refractivity contribution in [2.24, 2.45) is 5.73 Å². The Morgan fingerprint density at radius 1 is 1.42 bits per heavy atom. The quantitative estimate of drug-likeness (QED) is 0.564. The van der Waals surface area contributed by atoms with Crippen LogP contribution in [0.25, 0.3) is 0 Å². The van der Waals surface area contributed by atoms with Crippen LogP contribution in [0.1, 0.15) is 18.5 Å². The van der Waals surface area contributed by atoms with Gasteiger partial charge in [-0.3, -0.25) is 4.21 Å². The molecule has 12 heavy (non-hydrogen) atoms. The standard InChI is InChI=1S/C8H12NOPS/c1-6(9)7-2-4-8(5-3-7)12(10)11/h2-6,11-12H,9H2,1H3. The Hall–Kier alpha value is -0.370. The van der Waals surface area contributed by atoms with E-state index in [-0.39, 0.29) is 6.04 Å². The molecule has 0 bridgehead atoms. The second kappa shape index (κ2) is 4.04. The zero-order valence-corrected chi connectivity index (χ0v) is 8.71. The van der Waals surface area contributed by atoms with Crippen LogP contribution in [-0.2, 0) is 9.98 Å². The van der Waals surface area contributed by atoms with Crippen LogP contribution >= 0.6 is 8.02 Å². The predicted molar refractivity (Wildman–Crippen MR) is 55.2 cm³/mol. The first kappa shape index (κ1) is 9.72. The lowest BCUT2D eigenvalue weighted by molar-refractivity contribution is 0.692. The summed E-state index contributed by atoms with van der Waals surface area (Å²) in [7, 11) is 1.66. The van der Waals surface area contributed by atoms with Crippen molar-refractivity contribution < 1.29 is 4.21 Å². The second-order valence-corrected chi connectivity index (χ2v) is 5.00. The van der Waals surface area contributed by atoms with Crippen molar-refractivity contribution in [1.29, 1.82) is 0 Å². The summed E-state index contributed by atoms with van der Waals surface area (Å²) in [5.74, 6) is 0. The van der Waals surface area contributed by atoms with E-state index in [9.17, 15) is 4.21 Å². The van der Waals surface area contributed by atoms with Gasteiger partial charge < -0.3 is 5.73 Å². The Morgan fingerprint density at radius 2 is 1.92 bits per heavy atom. The highest BCUT2D eigenvalue weighted by atomic mass is 32.5. The summed E-state index contributed by atoms with van der Waals surface area (Å²) in [6.45, 7) is 1.92. The first-order valence-electron chi connectivity index (χ1n) is 3.65. The molecule has 0 saturated carbocycles. The molecule has 2 nitrogen and oxygen atoms in total. The maximum atomic E-state index is 11.0. The number of hydrogen-bond acceptors (Lipinski definition) is 2. The topological polar surface area (TPSA) is 43.1 Å². The molecule has 66 valence electrons. The van der Waals surface area contributed by atoms with Gasteiger partial charge in [-0.05, 0) is 24.6 Å². The highest BCUT2D eigenvalue weighted by molar-refractivity contribution is 8.07. The minimum absolute atomic E-state index is 0.0339. The molecule has 0 radical (unpaired) electrons. The highest BCUT2D eigenvalue weighted by Gasteiger charge is 1.97. The van der Waals surface area contributed by atoms with Gasteiger partial charge in [-0.1, -0.05) is 20.1 Å². The molecule has 1 aromatic rings. The van der Waals surface area contributed by atoms with Crippen molar-refractivity contribution in [1.82, 2.24) is 0 Å². The van der Waals surface area contributed by atoms with Crippen LogP contribution in [0.4, 0.5) is 0 Å². The van der Waals surface area contributed by atoms with Crippen LogP contribution in [-0.4, -0.2) is 4.21 Å². The molecule has 1 aromatic carbocycles. The zero-order chi connectivity index (χ0) is 9.14. The normalized spacial score (nSPS) is 15.5. The lowest BCUT2D eigenvalue weighted by Crippen LogP contribution is -2.04. The number of rotatable bonds is 2. The Bertz CT molecular complexity index is 321. The van der Waals surface area contributed by atoms with Crippen LogP contribution in [0.3, 0.4) is 0 Å². The van der Waals surface area contributed by atoms with Crippen LogP contribution in [0.5, 0.6) is 0 Å². The van der Waals surface area contributed by atoms with Crippen LogP contribution in [0.2, 0.25) is 0 Å². The lowest BCUT2D eigenvalue weighted by atomic mass is 10.1. The van der Waals surface area contributed by atoms with Crippen LogP contribution < -0.4 is 5.73 Å². The molecule has 0 spiro atoms. The number of benzene rings is 1. The van der Waals surface area contributed by atoms with Gasteiger partial charge in [-0.2, -0.15) is 0 Å². The third-order valence-electron chi connectivity index (χ3n) is 1.65. The van der Waals surface area contributed by atoms with Gasteiger partial charge in [0.1, 0.15) is 0 Å². The van der Waals surface area contributed by atoms with Gasteiger partial charge in [0, 0.05) is 20.9 Å². The fourth-order valence-electron chi connectivity index (χ4n) is 0.913. The Balaban J connectivity index is 3.01. The van der Waals surface area contributed by atoms with E-state index in [1.54, 1.807) is 0 Å². The summed E-state index contributed by atoms with van der Waals surface area (Å²) in [6.07, 6.45) is 0. The molecule has 0 aliphatic carbocycles. The van der Waals surface area contributed by atoms with E-state index in [4.69, 9.17) is 5.73 Å². The molecule has 0 saturated heterocycles. The summed E-state index contributed by atoms with van der Waals surface area (Å²) in [5.41, 5.74) is 6.71. The second-order valence-electron chi connectivity index (χ2n) is 2.67. The molecule has 0 aliphatic heterocycles. The summed E-state index contributed by atoms with van der Waals surface area (Å²) >= 11 is 0. The molecule has 0 aromatic heterocycles. The first-order valence-corrected chi connectivity index (χ1v) is 6.25. The molecule has 0 aliphatic rings. The van der Waals surface area contributed by atoms with E-state index in [1.807, 2.05) is 31.2 Å². The molecule has 0 heterocycles. The fourth-order valence-corrected chi connectivity index (χ4v) is 1.78. The van der Waals surface area contributed by atoms with Crippen molar-refractivity contribution in [2.75, 3.05) is 0 Å². The van der Waals surface area contributed by atoms with Gasteiger partial charge in [0.05, 0.1) is 0 Å². The minimum Gasteiger partial charge on any atom is -0.324 e. The fraction of sp³-hybridized carbons (Fsp3) is 0.250. The van der Waals surface area contributed by atoms with Gasteiger partial charge in [-0.25, -0.2) is 0 Å². The van der Waals surface area contributed by atoms with E-state index >= 15 is 0 Å². The van der Waals surface area contributed by atoms with Crippen molar-refractivity contribution in [2.45, 2.75) is 17.9 Å². The monoisotopic (exact) mass is 201 g/mol. The molecule has 2 N–H and O–H groups in total. The average Bonchev–Trinajstić information content (AvgIpc) is 2.04. The lowest BCUT2D eigenvalue weighted by Gasteiger charge is -2.04. The summed E-state index contributed by atoms with van der Waals surface area (Å²) in [6, 6.07) is 7.47. The van der Waals surface area contributed by atoms with Gasteiger partial charge >= 0.3 is 0 Å². The smallest absolute Gasteiger partial charge is 0.0318 e. The summed E-state index contributed by atoms with van der Waals surface area (Å²) in [4.78, 5) is 0.797. The number of thiol groups is 1. The highest BCUT2D eigenvalue weighted by Crippen LogP contribution is 2.12. The third-order valence-corrected chi connectivity index (χ3v) is 3.20. The molecule has 2 atom stereocenters. The summed E-state index contributed by atoms with van der Waals surface area (Å²) < 4.78 is 11.0. The Kier molecular flexibility index (Phi) is 3.27. The summed E-state index contributed by atoms with van der Waals surface area (Å²) in [5, 5.41) is 0. The van der Waals surface area contributed by atoms with E-state index < -0.39 is 9.98 Å². The van der Waals surface area contributed by atoms with Crippen LogP contribution in [0.15, 0.2) is 29.2 Å². The van der Waals surface area contributed by atoms with E-state index in [1.165, 1.54) is 0 Å². The first-order chi connectivity index (χ1) is 5.61. The van der Waals surface area contributed by atoms with Crippen molar-refractivity contribution in [3.63, 3.8) is 0 Å². The maximum absolute atomic E-state index is 11.0. The molecule has 4 heteroatoms. The Morgan fingerprint density at radius 3 is 2.25 bits per heavy atom. The van der Waals surface area contributed by atoms with Gasteiger partial charge in [0.2, 0.25) is 0 Å². The molecular weight excluding hydrogens is 189 g/mol. The largest absolute Gasteiger partial charge is 0.324 e. The van der Waals surface area contributed by atoms with Crippen molar-refractivity contribution >= 4 is 18.0 Å². The Labute approximate surface area is 76.1 Å². The van der Waals surface area contributed by atoms with Gasteiger partial charge in [-0.15, -0.1) is 0 Å². The SMILES string of the molecule is CC(N)c1ccc([SH](=O)=P)cc1.